The van der Waals surface area contributed by atoms with Crippen LogP contribution in [0, 0.1) is 0 Å². The summed E-state index contributed by atoms with van der Waals surface area (Å²) in [5.41, 5.74) is 0.400. The van der Waals surface area contributed by atoms with Crippen LogP contribution in [-0.4, -0.2) is 25.3 Å². The van der Waals surface area contributed by atoms with Crippen LogP contribution in [0.1, 0.15) is 18.1 Å². The molecule has 0 radical (unpaired) electrons. The minimum absolute atomic E-state index is 0.156. The van der Waals surface area contributed by atoms with Crippen molar-refractivity contribution in [3.8, 4) is 5.75 Å². The lowest BCUT2D eigenvalue weighted by molar-refractivity contribution is -0.142. The molecule has 0 heterocycles. The lowest BCUT2D eigenvalue weighted by Crippen LogP contribution is -2.09. The first-order valence-corrected chi connectivity index (χ1v) is 5.05. The van der Waals surface area contributed by atoms with Gasteiger partial charge in [0.25, 0.3) is 0 Å². The molecule has 0 unspecified atom stereocenters. The summed E-state index contributed by atoms with van der Waals surface area (Å²) >= 11 is 5.94. The van der Waals surface area contributed by atoms with Crippen LogP contribution >= 0.6 is 11.6 Å². The Morgan fingerprint density at radius 1 is 1.50 bits per heavy atom. The summed E-state index contributed by atoms with van der Waals surface area (Å²) in [4.78, 5) is 11.0. The predicted octanol–water partition coefficient (Wildman–Crippen LogP) is 1.95. The average Bonchev–Trinajstić information content (AvgIpc) is 2.28. The summed E-state index contributed by atoms with van der Waals surface area (Å²) < 4.78 is 9.54. The van der Waals surface area contributed by atoms with E-state index in [9.17, 15) is 9.90 Å². The van der Waals surface area contributed by atoms with Gasteiger partial charge in [0, 0.05) is 5.56 Å². The van der Waals surface area contributed by atoms with Crippen LogP contribution in [0.2, 0.25) is 5.02 Å². The number of hydrogen-bond acceptors (Lipinski definition) is 4. The highest BCUT2D eigenvalue weighted by molar-refractivity contribution is 6.31. The molecule has 1 N–H and O–H groups in total. The summed E-state index contributed by atoms with van der Waals surface area (Å²) in [5.74, 6) is -0.0571. The highest BCUT2D eigenvalue weighted by Gasteiger charge is 2.20. The fraction of sp³-hybridized carbons (Fsp3) is 0.364. The van der Waals surface area contributed by atoms with Crippen LogP contribution in [0.4, 0.5) is 0 Å². The van der Waals surface area contributed by atoms with Gasteiger partial charge in [-0.2, -0.15) is 0 Å². The Hall–Kier alpha value is -1.26. The van der Waals surface area contributed by atoms with Gasteiger partial charge in [-0.05, 0) is 12.1 Å². The molecule has 1 aromatic rings. The Morgan fingerprint density at radius 2 is 2.19 bits per heavy atom. The zero-order chi connectivity index (χ0) is 12.1. The van der Waals surface area contributed by atoms with E-state index in [-0.39, 0.29) is 6.42 Å². The number of aliphatic hydroxyl groups excluding tert-OH is 1. The summed E-state index contributed by atoms with van der Waals surface area (Å²) in [7, 11) is 2.74. The number of benzene rings is 1. The van der Waals surface area contributed by atoms with Gasteiger partial charge >= 0.3 is 5.97 Å². The van der Waals surface area contributed by atoms with Crippen LogP contribution < -0.4 is 4.74 Å². The molecule has 0 aliphatic rings. The maximum absolute atomic E-state index is 11.0. The Kier molecular flexibility index (Phi) is 4.58. The fourth-order valence-electron chi connectivity index (χ4n) is 1.36. The lowest BCUT2D eigenvalue weighted by atomic mass is 10.1. The number of aliphatic hydroxyl groups is 1. The van der Waals surface area contributed by atoms with Crippen LogP contribution in [0.3, 0.4) is 0 Å². The summed E-state index contributed by atoms with van der Waals surface area (Å²) in [5, 5.41) is 10.2. The lowest BCUT2D eigenvalue weighted by Gasteiger charge is -2.15. The van der Waals surface area contributed by atoms with Crippen molar-refractivity contribution in [3.05, 3.63) is 28.8 Å². The SMILES string of the molecule is COC(=O)C[C@@H](O)c1c(Cl)cccc1OC. The van der Waals surface area contributed by atoms with Gasteiger partial charge in [0.05, 0.1) is 31.8 Å². The molecule has 1 aromatic carbocycles. The van der Waals surface area contributed by atoms with E-state index in [4.69, 9.17) is 16.3 Å². The molecule has 4 nitrogen and oxygen atoms in total. The van der Waals surface area contributed by atoms with Gasteiger partial charge in [-0.15, -0.1) is 0 Å². The van der Waals surface area contributed by atoms with E-state index in [1.54, 1.807) is 18.2 Å². The molecule has 5 heteroatoms. The Balaban J connectivity index is 2.97. The van der Waals surface area contributed by atoms with Gasteiger partial charge in [0.15, 0.2) is 0 Å². The average molecular weight is 245 g/mol. The van der Waals surface area contributed by atoms with Gasteiger partial charge in [0.2, 0.25) is 0 Å². The van der Waals surface area contributed by atoms with Crippen LogP contribution in [0.5, 0.6) is 5.75 Å². The van der Waals surface area contributed by atoms with E-state index < -0.39 is 12.1 Å². The van der Waals surface area contributed by atoms with E-state index in [1.165, 1.54) is 14.2 Å². The van der Waals surface area contributed by atoms with Crippen molar-refractivity contribution in [1.82, 2.24) is 0 Å². The topological polar surface area (TPSA) is 55.8 Å². The van der Waals surface area contributed by atoms with Crippen molar-refractivity contribution < 1.29 is 19.4 Å². The van der Waals surface area contributed by atoms with Crippen LogP contribution in [0.15, 0.2) is 18.2 Å². The molecule has 0 aliphatic heterocycles. The molecule has 1 atom stereocenters. The minimum atomic E-state index is -1.03. The molecule has 0 amide bonds. The largest absolute Gasteiger partial charge is 0.496 e. The summed E-state index contributed by atoms with van der Waals surface area (Å²) in [6.07, 6.45) is -1.19. The number of carbonyl (C=O) groups excluding carboxylic acids is 1. The number of ether oxygens (including phenoxy) is 2. The second-order valence-electron chi connectivity index (χ2n) is 3.15. The highest BCUT2D eigenvalue weighted by Crippen LogP contribution is 2.33. The van der Waals surface area contributed by atoms with Gasteiger partial charge in [-0.1, -0.05) is 17.7 Å². The third-order valence-electron chi connectivity index (χ3n) is 2.15. The minimum Gasteiger partial charge on any atom is -0.496 e. The van der Waals surface area contributed by atoms with Crippen LogP contribution in [-0.2, 0) is 9.53 Å². The molecule has 88 valence electrons. The zero-order valence-corrected chi connectivity index (χ0v) is 9.82. The Morgan fingerprint density at radius 3 is 2.75 bits per heavy atom. The molecule has 0 bridgehead atoms. The molecule has 0 spiro atoms. The van der Waals surface area contributed by atoms with Crippen molar-refractivity contribution in [3.63, 3.8) is 0 Å². The monoisotopic (exact) mass is 244 g/mol. The number of halogens is 1. The molecule has 0 saturated heterocycles. The van der Waals surface area contributed by atoms with Gasteiger partial charge in [0.1, 0.15) is 5.75 Å². The quantitative estimate of drug-likeness (QED) is 0.823. The number of carbonyl (C=O) groups is 1. The number of esters is 1. The first-order chi connectivity index (χ1) is 7.60. The third kappa shape index (κ3) is 2.87. The molecular weight excluding hydrogens is 232 g/mol. The molecule has 0 aliphatic carbocycles. The Labute approximate surface area is 98.7 Å². The second-order valence-corrected chi connectivity index (χ2v) is 3.56. The predicted molar refractivity (Wildman–Crippen MR) is 59.6 cm³/mol. The van der Waals surface area contributed by atoms with Crippen molar-refractivity contribution >= 4 is 17.6 Å². The van der Waals surface area contributed by atoms with E-state index >= 15 is 0 Å². The van der Waals surface area contributed by atoms with Crippen LogP contribution in [0.25, 0.3) is 0 Å². The first kappa shape index (κ1) is 12.8. The van der Waals surface area contributed by atoms with Crippen molar-refractivity contribution in [1.29, 1.82) is 0 Å². The summed E-state index contributed by atoms with van der Waals surface area (Å²) in [6.45, 7) is 0. The third-order valence-corrected chi connectivity index (χ3v) is 2.48. The molecule has 1 rings (SSSR count). The van der Waals surface area contributed by atoms with Gasteiger partial charge in [-0.3, -0.25) is 4.79 Å². The molecule has 0 fully saturated rings. The fourth-order valence-corrected chi connectivity index (χ4v) is 1.65. The maximum Gasteiger partial charge on any atom is 0.308 e. The molecule has 0 aromatic heterocycles. The number of hydrogen-bond donors (Lipinski definition) is 1. The Bertz CT molecular complexity index is 378. The number of methoxy groups -OCH3 is 2. The highest BCUT2D eigenvalue weighted by atomic mass is 35.5. The van der Waals surface area contributed by atoms with Gasteiger partial charge in [-0.25, -0.2) is 0 Å². The van der Waals surface area contributed by atoms with Crippen molar-refractivity contribution in [2.75, 3.05) is 14.2 Å². The van der Waals surface area contributed by atoms with E-state index in [1.807, 2.05) is 0 Å². The molecule has 16 heavy (non-hydrogen) atoms. The van der Waals surface area contributed by atoms with Gasteiger partial charge < -0.3 is 14.6 Å². The normalized spacial score (nSPS) is 12.0. The first-order valence-electron chi connectivity index (χ1n) is 4.67. The molecule has 0 saturated carbocycles. The van der Waals surface area contributed by atoms with E-state index in [2.05, 4.69) is 4.74 Å². The van der Waals surface area contributed by atoms with Crippen molar-refractivity contribution in [2.24, 2.45) is 0 Å². The van der Waals surface area contributed by atoms with E-state index in [0.29, 0.717) is 16.3 Å². The second kappa shape index (κ2) is 5.72. The number of rotatable bonds is 4. The van der Waals surface area contributed by atoms with E-state index in [0.717, 1.165) is 0 Å². The smallest absolute Gasteiger partial charge is 0.308 e. The molecular formula is C11H13ClO4. The maximum atomic E-state index is 11.0. The standard InChI is InChI=1S/C11H13ClO4/c1-15-9-5-3-4-7(12)11(9)8(13)6-10(14)16-2/h3-5,8,13H,6H2,1-2H3/t8-/m1/s1. The van der Waals surface area contributed by atoms with Crippen molar-refractivity contribution in [2.45, 2.75) is 12.5 Å². The summed E-state index contributed by atoms with van der Waals surface area (Å²) in [6, 6.07) is 5.00. The zero-order valence-electron chi connectivity index (χ0n) is 9.07.